The summed E-state index contributed by atoms with van der Waals surface area (Å²) in [5.74, 6) is 0.311. The lowest BCUT2D eigenvalue weighted by molar-refractivity contribution is -0.123. The highest BCUT2D eigenvalue weighted by atomic mass is 32.2. The lowest BCUT2D eigenvalue weighted by atomic mass is 9.88. The van der Waals surface area contributed by atoms with Gasteiger partial charge in [0.15, 0.2) is 5.12 Å². The molecule has 2 rings (SSSR count). The van der Waals surface area contributed by atoms with E-state index in [0.717, 1.165) is 36.3 Å². The highest BCUT2D eigenvalue weighted by molar-refractivity contribution is 8.13. The molecule has 1 aliphatic rings. The average molecular weight is 333 g/mol. The number of anilines is 1. The van der Waals surface area contributed by atoms with Crippen LogP contribution in [-0.2, 0) is 9.59 Å². The van der Waals surface area contributed by atoms with Crippen molar-refractivity contribution in [1.29, 1.82) is 0 Å². The lowest BCUT2D eigenvalue weighted by Crippen LogP contribution is -2.34. The van der Waals surface area contributed by atoms with Crippen LogP contribution in [0.4, 0.5) is 5.69 Å². The molecule has 0 atom stereocenters. The highest BCUT2D eigenvalue weighted by Gasteiger charge is 2.28. The molecule has 1 aromatic carbocycles. The number of hydrogen-bond donors (Lipinski definition) is 0. The number of thioether (sulfide) groups is 1. The number of benzene rings is 1. The zero-order valence-electron chi connectivity index (χ0n) is 14.6. The number of carbonyl (C=O) groups is 2. The van der Waals surface area contributed by atoms with Crippen molar-refractivity contribution in [3.63, 3.8) is 0 Å². The van der Waals surface area contributed by atoms with Crippen LogP contribution in [0.3, 0.4) is 0 Å². The standard InChI is InChI=1S/C19H27NO2S/c1-19(2,3)18(22)23-16-13-9-8-12-15(16)20(4)17(21)14-10-6-5-7-11-14/h8-9,12-14H,5-7,10-11H2,1-4H3. The van der Waals surface area contributed by atoms with Gasteiger partial charge in [0.25, 0.3) is 0 Å². The molecular formula is C19H27NO2S. The maximum Gasteiger partial charge on any atom is 0.229 e. The molecule has 4 heteroatoms. The van der Waals surface area contributed by atoms with Crippen LogP contribution in [0.5, 0.6) is 0 Å². The van der Waals surface area contributed by atoms with Crippen LogP contribution in [0, 0.1) is 11.3 Å². The molecule has 0 spiro atoms. The normalized spacial score (nSPS) is 16.2. The van der Waals surface area contributed by atoms with Crippen LogP contribution < -0.4 is 4.90 Å². The molecule has 0 N–H and O–H groups in total. The number of para-hydroxylation sites is 1. The summed E-state index contributed by atoms with van der Waals surface area (Å²) < 4.78 is 0. The second kappa shape index (κ2) is 7.52. The van der Waals surface area contributed by atoms with Gasteiger partial charge in [-0.05, 0) is 36.7 Å². The Labute approximate surface area is 143 Å². The zero-order valence-corrected chi connectivity index (χ0v) is 15.4. The highest BCUT2D eigenvalue weighted by Crippen LogP contribution is 2.36. The van der Waals surface area contributed by atoms with E-state index >= 15 is 0 Å². The summed E-state index contributed by atoms with van der Waals surface area (Å²) in [7, 11) is 1.83. The Kier molecular flexibility index (Phi) is 5.90. The second-order valence-corrected chi connectivity index (χ2v) is 8.35. The van der Waals surface area contributed by atoms with Crippen molar-refractivity contribution in [2.24, 2.45) is 11.3 Å². The van der Waals surface area contributed by atoms with Gasteiger partial charge >= 0.3 is 0 Å². The Morgan fingerprint density at radius 3 is 2.30 bits per heavy atom. The fourth-order valence-electron chi connectivity index (χ4n) is 2.82. The molecule has 0 saturated heterocycles. The minimum absolute atomic E-state index is 0.114. The summed E-state index contributed by atoms with van der Waals surface area (Å²) in [5, 5.41) is 0.114. The van der Waals surface area contributed by atoms with Crippen molar-refractivity contribution in [3.8, 4) is 0 Å². The Bertz CT molecular complexity index is 571. The van der Waals surface area contributed by atoms with Gasteiger partial charge in [0.2, 0.25) is 5.91 Å². The van der Waals surface area contributed by atoms with Crippen molar-refractivity contribution in [2.75, 3.05) is 11.9 Å². The molecule has 1 saturated carbocycles. The molecule has 0 bridgehead atoms. The van der Waals surface area contributed by atoms with Crippen molar-refractivity contribution < 1.29 is 9.59 Å². The third-order valence-electron chi connectivity index (χ3n) is 4.33. The van der Waals surface area contributed by atoms with E-state index in [2.05, 4.69) is 0 Å². The molecule has 1 amide bonds. The maximum atomic E-state index is 12.8. The summed E-state index contributed by atoms with van der Waals surface area (Å²) >= 11 is 1.24. The van der Waals surface area contributed by atoms with Crippen molar-refractivity contribution in [2.45, 2.75) is 57.8 Å². The van der Waals surface area contributed by atoms with Crippen LogP contribution in [0.15, 0.2) is 29.2 Å². The van der Waals surface area contributed by atoms with Crippen LogP contribution >= 0.6 is 11.8 Å². The predicted octanol–water partition coefficient (Wildman–Crippen LogP) is 4.89. The Hall–Kier alpha value is -1.29. The zero-order chi connectivity index (χ0) is 17.0. The first-order chi connectivity index (χ1) is 10.8. The summed E-state index contributed by atoms with van der Waals surface area (Å²) in [4.78, 5) is 27.7. The van der Waals surface area contributed by atoms with Gasteiger partial charge in [0.05, 0.1) is 5.69 Å². The van der Waals surface area contributed by atoms with Crippen molar-refractivity contribution in [1.82, 2.24) is 0 Å². The van der Waals surface area contributed by atoms with Gasteiger partial charge in [-0.25, -0.2) is 0 Å². The molecule has 3 nitrogen and oxygen atoms in total. The van der Waals surface area contributed by atoms with Gasteiger partial charge < -0.3 is 4.90 Å². The molecule has 0 unspecified atom stereocenters. The first-order valence-corrected chi connectivity index (χ1v) is 9.21. The largest absolute Gasteiger partial charge is 0.314 e. The van der Waals surface area contributed by atoms with Gasteiger partial charge in [-0.3, -0.25) is 9.59 Å². The van der Waals surface area contributed by atoms with Crippen molar-refractivity contribution >= 4 is 28.5 Å². The molecule has 1 aromatic rings. The number of hydrogen-bond acceptors (Lipinski definition) is 3. The number of rotatable bonds is 3. The van der Waals surface area contributed by atoms with Gasteiger partial charge in [-0.1, -0.05) is 52.2 Å². The van der Waals surface area contributed by atoms with Gasteiger partial charge in [-0.15, -0.1) is 0 Å². The molecule has 23 heavy (non-hydrogen) atoms. The quantitative estimate of drug-likeness (QED) is 0.739. The number of nitrogens with zero attached hydrogens (tertiary/aromatic N) is 1. The topological polar surface area (TPSA) is 37.4 Å². The molecule has 0 radical (unpaired) electrons. The summed E-state index contributed by atoms with van der Waals surface area (Å²) in [5.41, 5.74) is 0.440. The fraction of sp³-hybridized carbons (Fsp3) is 0.579. The number of carbonyl (C=O) groups excluding carboxylic acids is 2. The second-order valence-electron chi connectivity index (χ2n) is 7.34. The minimum Gasteiger partial charge on any atom is -0.314 e. The Morgan fingerprint density at radius 1 is 1.09 bits per heavy atom. The van der Waals surface area contributed by atoms with E-state index in [4.69, 9.17) is 0 Å². The van der Waals surface area contributed by atoms with E-state index in [-0.39, 0.29) is 16.9 Å². The molecule has 1 aliphatic carbocycles. The third kappa shape index (κ3) is 4.60. The van der Waals surface area contributed by atoms with Gasteiger partial charge in [-0.2, -0.15) is 0 Å². The van der Waals surface area contributed by atoms with E-state index in [1.165, 1.54) is 18.2 Å². The predicted molar refractivity (Wildman–Crippen MR) is 96.7 cm³/mol. The molecule has 0 aliphatic heterocycles. The monoisotopic (exact) mass is 333 g/mol. The van der Waals surface area contributed by atoms with E-state index in [0.29, 0.717) is 0 Å². The summed E-state index contributed by atoms with van der Waals surface area (Å²) in [6.07, 6.45) is 5.49. The summed E-state index contributed by atoms with van der Waals surface area (Å²) in [6.45, 7) is 5.76. The SMILES string of the molecule is CN(C(=O)C1CCCCC1)c1ccccc1SC(=O)C(C)(C)C. The first-order valence-electron chi connectivity index (χ1n) is 8.39. The average Bonchev–Trinajstić information content (AvgIpc) is 2.54. The first kappa shape index (κ1) is 18.1. The van der Waals surface area contributed by atoms with Gasteiger partial charge in [0.1, 0.15) is 0 Å². The Balaban J connectivity index is 2.18. The molecule has 1 fully saturated rings. The fourth-order valence-corrected chi connectivity index (χ4v) is 3.78. The molecular weight excluding hydrogens is 306 g/mol. The van der Waals surface area contributed by atoms with E-state index in [1.54, 1.807) is 4.90 Å². The maximum absolute atomic E-state index is 12.8. The van der Waals surface area contributed by atoms with Crippen LogP contribution in [0.1, 0.15) is 52.9 Å². The third-order valence-corrected chi connectivity index (χ3v) is 5.69. The summed E-state index contributed by atoms with van der Waals surface area (Å²) in [6, 6.07) is 7.69. The van der Waals surface area contributed by atoms with Crippen molar-refractivity contribution in [3.05, 3.63) is 24.3 Å². The van der Waals surface area contributed by atoms with Crippen LogP contribution in [0.2, 0.25) is 0 Å². The van der Waals surface area contributed by atoms with Gasteiger partial charge in [0, 0.05) is 23.3 Å². The van der Waals surface area contributed by atoms with Crippen LogP contribution in [-0.4, -0.2) is 18.1 Å². The number of amides is 1. The smallest absolute Gasteiger partial charge is 0.229 e. The van der Waals surface area contributed by atoms with Crippen LogP contribution in [0.25, 0.3) is 0 Å². The molecule has 0 aromatic heterocycles. The molecule has 0 heterocycles. The van der Waals surface area contributed by atoms with E-state index < -0.39 is 5.41 Å². The van der Waals surface area contributed by atoms with E-state index in [9.17, 15) is 9.59 Å². The minimum atomic E-state index is -0.399. The van der Waals surface area contributed by atoms with E-state index in [1.807, 2.05) is 52.1 Å². The Morgan fingerprint density at radius 2 is 1.70 bits per heavy atom. The lowest BCUT2D eigenvalue weighted by Gasteiger charge is -2.28. The molecule has 126 valence electrons.